The van der Waals surface area contributed by atoms with Crippen LogP contribution >= 0.6 is 0 Å². The fraction of sp³-hybridized carbons (Fsp3) is 0.704. The minimum absolute atomic E-state index is 0.156. The first-order valence-corrected chi connectivity index (χ1v) is 12.1. The molecule has 0 spiro atoms. The van der Waals surface area contributed by atoms with Crippen LogP contribution in [0, 0.1) is 0 Å². The zero-order valence-electron chi connectivity index (χ0n) is 18.8. The van der Waals surface area contributed by atoms with Gasteiger partial charge in [0.2, 0.25) is 0 Å². The topological polar surface area (TPSA) is 20.2 Å². The van der Waals surface area contributed by atoms with E-state index >= 15 is 0 Å². The predicted molar refractivity (Wildman–Crippen MR) is 128 cm³/mol. The molecule has 0 aromatic rings. The molecule has 1 heteroatoms. The summed E-state index contributed by atoms with van der Waals surface area (Å²) < 4.78 is 0. The molecule has 162 valence electrons. The largest absolute Gasteiger partial charge is 0.392 e. The van der Waals surface area contributed by atoms with Gasteiger partial charge in [-0.05, 0) is 51.4 Å². The fourth-order valence-electron chi connectivity index (χ4n) is 3.23. The van der Waals surface area contributed by atoms with Crippen LogP contribution in [0.5, 0.6) is 0 Å². The maximum absolute atomic E-state index is 8.63. The van der Waals surface area contributed by atoms with E-state index in [1.54, 1.807) is 0 Å². The summed E-state index contributed by atoms with van der Waals surface area (Å²) in [6.45, 7) is 2.44. The lowest BCUT2D eigenvalue weighted by molar-refractivity contribution is 0.342. The lowest BCUT2D eigenvalue weighted by Crippen LogP contribution is -1.81. The molecule has 1 N–H and O–H groups in total. The summed E-state index contributed by atoms with van der Waals surface area (Å²) in [7, 11) is 0. The lowest BCUT2D eigenvalue weighted by Gasteiger charge is -2.01. The highest BCUT2D eigenvalue weighted by Gasteiger charge is 1.91. The van der Waals surface area contributed by atoms with Crippen molar-refractivity contribution in [1.29, 1.82) is 0 Å². The Morgan fingerprint density at radius 2 is 0.714 bits per heavy atom. The van der Waals surface area contributed by atoms with Gasteiger partial charge in [-0.3, -0.25) is 0 Å². The van der Waals surface area contributed by atoms with Gasteiger partial charge in [0.15, 0.2) is 0 Å². The molecule has 1 nitrogen and oxygen atoms in total. The van der Waals surface area contributed by atoms with Crippen LogP contribution in [0.4, 0.5) is 0 Å². The molecule has 0 heterocycles. The van der Waals surface area contributed by atoms with Gasteiger partial charge in [-0.15, -0.1) is 0 Å². The van der Waals surface area contributed by atoms with Gasteiger partial charge in [0.25, 0.3) is 0 Å². The summed E-state index contributed by atoms with van der Waals surface area (Å²) in [5, 5.41) is 8.63. The van der Waals surface area contributed by atoms with Gasteiger partial charge < -0.3 is 5.11 Å². The molecule has 0 radical (unpaired) electrons. The molecule has 0 atom stereocenters. The zero-order valence-corrected chi connectivity index (χ0v) is 18.8. The van der Waals surface area contributed by atoms with Crippen molar-refractivity contribution < 1.29 is 5.11 Å². The van der Waals surface area contributed by atoms with Crippen LogP contribution in [0.25, 0.3) is 0 Å². The average Bonchev–Trinajstić information content (AvgIpc) is 2.71. The third-order valence-corrected chi connectivity index (χ3v) is 5.00. The molecule has 0 unspecified atom stereocenters. The van der Waals surface area contributed by atoms with Crippen LogP contribution in [-0.4, -0.2) is 11.7 Å². The SMILES string of the molecule is CCCCCCCCCCCC/C=C/CC/C=C/CC/C=C/CC/C=C/CO. The lowest BCUT2D eigenvalue weighted by atomic mass is 10.1. The number of aliphatic hydroxyl groups is 1. The first kappa shape index (κ1) is 26.9. The molecule has 0 aliphatic heterocycles. The van der Waals surface area contributed by atoms with Crippen molar-refractivity contribution in [3.63, 3.8) is 0 Å². The smallest absolute Gasteiger partial charge is 0.0612 e. The highest BCUT2D eigenvalue weighted by atomic mass is 16.2. The summed E-state index contributed by atoms with van der Waals surface area (Å²) in [5.41, 5.74) is 0. The molecule has 0 amide bonds. The Labute approximate surface area is 176 Å². The maximum atomic E-state index is 8.63. The molecule has 0 aromatic heterocycles. The van der Waals surface area contributed by atoms with Gasteiger partial charge in [0, 0.05) is 0 Å². The Bertz CT molecular complexity index is 389. The molecule has 0 aromatic carbocycles. The first-order chi connectivity index (χ1) is 13.9. The quantitative estimate of drug-likeness (QED) is 0.154. The molecule has 0 bridgehead atoms. The molecule has 0 aliphatic rings. The minimum atomic E-state index is 0.156. The Balaban J connectivity index is 3.23. The molecule has 0 rings (SSSR count). The van der Waals surface area contributed by atoms with Gasteiger partial charge in [0.05, 0.1) is 6.61 Å². The Morgan fingerprint density at radius 1 is 0.393 bits per heavy atom. The van der Waals surface area contributed by atoms with Crippen LogP contribution in [0.1, 0.15) is 116 Å². The summed E-state index contributed by atoms with van der Waals surface area (Å²) in [6, 6.07) is 0. The van der Waals surface area contributed by atoms with E-state index in [1.165, 1.54) is 83.5 Å². The number of allylic oxidation sites excluding steroid dienone is 7. The third kappa shape index (κ3) is 24.9. The van der Waals surface area contributed by atoms with Crippen LogP contribution < -0.4 is 0 Å². The number of hydrogen-bond acceptors (Lipinski definition) is 1. The van der Waals surface area contributed by atoms with Crippen molar-refractivity contribution in [3.8, 4) is 0 Å². The molecule has 28 heavy (non-hydrogen) atoms. The molecular weight excluding hydrogens is 340 g/mol. The number of rotatable bonds is 21. The first-order valence-electron chi connectivity index (χ1n) is 12.1. The van der Waals surface area contributed by atoms with Crippen molar-refractivity contribution >= 4 is 0 Å². The number of aliphatic hydroxyl groups excluding tert-OH is 1. The molecule has 0 saturated carbocycles. The van der Waals surface area contributed by atoms with E-state index in [-0.39, 0.29) is 6.61 Å². The molecular formula is C27H48O. The van der Waals surface area contributed by atoms with Crippen LogP contribution in [-0.2, 0) is 0 Å². The fourth-order valence-corrected chi connectivity index (χ4v) is 3.23. The second-order valence-corrected chi connectivity index (χ2v) is 7.77. The zero-order chi connectivity index (χ0) is 20.4. The summed E-state index contributed by atoms with van der Waals surface area (Å²) in [6.07, 6.45) is 39.9. The monoisotopic (exact) mass is 388 g/mol. The molecule has 0 saturated heterocycles. The van der Waals surface area contributed by atoms with Gasteiger partial charge >= 0.3 is 0 Å². The summed E-state index contributed by atoms with van der Waals surface area (Å²) in [4.78, 5) is 0. The van der Waals surface area contributed by atoms with E-state index in [2.05, 4.69) is 43.4 Å². The van der Waals surface area contributed by atoms with Crippen molar-refractivity contribution in [2.75, 3.05) is 6.61 Å². The van der Waals surface area contributed by atoms with Gasteiger partial charge in [-0.25, -0.2) is 0 Å². The molecule has 0 fully saturated rings. The Morgan fingerprint density at radius 3 is 1.11 bits per heavy atom. The van der Waals surface area contributed by atoms with E-state index < -0.39 is 0 Å². The summed E-state index contributed by atoms with van der Waals surface area (Å²) in [5.74, 6) is 0. The Hall–Kier alpha value is -1.08. The van der Waals surface area contributed by atoms with E-state index in [9.17, 15) is 0 Å². The number of unbranched alkanes of at least 4 members (excludes halogenated alkanes) is 13. The average molecular weight is 389 g/mol. The standard InChI is InChI=1S/C27H48O/c1-2-3-4-5-6-7-8-9-10-11-12-13-14-15-16-17-18-19-20-21-22-23-24-25-26-27-28/h13-14,17-18,21-22,25-26,28H,2-12,15-16,19-20,23-24,27H2,1H3/b14-13+,18-17+,22-21+,26-25+. The van der Waals surface area contributed by atoms with E-state index in [0.717, 1.165) is 25.7 Å². The number of hydrogen-bond donors (Lipinski definition) is 1. The van der Waals surface area contributed by atoms with Crippen LogP contribution in [0.3, 0.4) is 0 Å². The Kier molecular flexibility index (Phi) is 24.9. The van der Waals surface area contributed by atoms with E-state index in [1.807, 2.05) is 12.2 Å². The van der Waals surface area contributed by atoms with Crippen LogP contribution in [0.15, 0.2) is 48.6 Å². The second kappa shape index (κ2) is 25.9. The van der Waals surface area contributed by atoms with Crippen LogP contribution in [0.2, 0.25) is 0 Å². The third-order valence-electron chi connectivity index (χ3n) is 5.00. The van der Waals surface area contributed by atoms with Crippen molar-refractivity contribution in [3.05, 3.63) is 48.6 Å². The minimum Gasteiger partial charge on any atom is -0.392 e. The van der Waals surface area contributed by atoms with Gasteiger partial charge in [0.1, 0.15) is 0 Å². The van der Waals surface area contributed by atoms with E-state index in [0.29, 0.717) is 0 Å². The normalized spacial score (nSPS) is 12.5. The highest BCUT2D eigenvalue weighted by molar-refractivity contribution is 4.92. The van der Waals surface area contributed by atoms with Gasteiger partial charge in [-0.2, -0.15) is 0 Å². The van der Waals surface area contributed by atoms with E-state index in [4.69, 9.17) is 5.11 Å². The van der Waals surface area contributed by atoms with Crippen molar-refractivity contribution in [2.24, 2.45) is 0 Å². The predicted octanol–water partition coefficient (Wildman–Crippen LogP) is 8.86. The highest BCUT2D eigenvalue weighted by Crippen LogP contribution is 2.11. The van der Waals surface area contributed by atoms with Gasteiger partial charge in [-0.1, -0.05) is 113 Å². The second-order valence-electron chi connectivity index (χ2n) is 7.77. The maximum Gasteiger partial charge on any atom is 0.0612 e. The van der Waals surface area contributed by atoms with Crippen molar-refractivity contribution in [1.82, 2.24) is 0 Å². The van der Waals surface area contributed by atoms with Crippen molar-refractivity contribution in [2.45, 2.75) is 116 Å². The summed E-state index contributed by atoms with van der Waals surface area (Å²) >= 11 is 0. The molecule has 0 aliphatic carbocycles.